The molecule has 0 bridgehead atoms. The number of nitrogens with one attached hydrogen (secondary N) is 2. The first-order chi connectivity index (χ1) is 15.7. The maximum atomic E-state index is 13.2. The lowest BCUT2D eigenvalue weighted by atomic mass is 10.2. The molecule has 3 aromatic rings. The van der Waals surface area contributed by atoms with Gasteiger partial charge in [0.05, 0.1) is 23.3 Å². The molecule has 170 valence electrons. The van der Waals surface area contributed by atoms with Crippen LogP contribution in [-0.4, -0.2) is 26.5 Å². The molecule has 0 saturated heterocycles. The Hall–Kier alpha value is -3.69. The Kier molecular flexibility index (Phi) is 7.47. The van der Waals surface area contributed by atoms with Crippen molar-refractivity contribution in [2.45, 2.75) is 11.8 Å². The Morgan fingerprint density at radius 3 is 2.18 bits per heavy atom. The van der Waals surface area contributed by atoms with Gasteiger partial charge >= 0.3 is 0 Å². The van der Waals surface area contributed by atoms with Crippen molar-refractivity contribution in [3.8, 4) is 5.75 Å². The number of sulfonamides is 1. The second-order valence-corrected chi connectivity index (χ2v) is 9.17. The maximum Gasteiger partial charge on any atom is 0.268 e. The molecule has 0 radical (unpaired) electrons. The van der Waals surface area contributed by atoms with Gasteiger partial charge in [-0.2, -0.15) is 0 Å². The number of ether oxygens (including phenoxy) is 1. The Labute approximate surface area is 198 Å². The molecule has 1 amide bonds. The number of para-hydroxylation sites is 2. The van der Waals surface area contributed by atoms with Crippen molar-refractivity contribution in [1.82, 2.24) is 5.32 Å². The molecule has 33 heavy (non-hydrogen) atoms. The summed E-state index contributed by atoms with van der Waals surface area (Å²) in [5.41, 5.74) is 1.71. The number of allylic oxidation sites excluding steroid dienone is 1. The summed E-state index contributed by atoms with van der Waals surface area (Å²) in [5.74, 6) is -0.00282. The second-order valence-electron chi connectivity index (χ2n) is 6.97. The lowest BCUT2D eigenvalue weighted by Crippen LogP contribution is -2.34. The first-order valence-corrected chi connectivity index (χ1v) is 11.7. The first kappa shape index (κ1) is 24.0. The molecule has 0 saturated carbocycles. The van der Waals surface area contributed by atoms with Gasteiger partial charge in [0, 0.05) is 11.4 Å². The summed E-state index contributed by atoms with van der Waals surface area (Å²) >= 11 is 5.22. The molecule has 0 aliphatic rings. The third-order valence-electron chi connectivity index (χ3n) is 4.57. The number of anilines is 2. The number of amides is 1. The maximum absolute atomic E-state index is 13.2. The highest BCUT2D eigenvalue weighted by atomic mass is 32.2. The molecule has 7 nitrogen and oxygen atoms in total. The van der Waals surface area contributed by atoms with E-state index in [0.29, 0.717) is 28.4 Å². The lowest BCUT2D eigenvalue weighted by Gasteiger charge is -2.24. The summed E-state index contributed by atoms with van der Waals surface area (Å²) in [6, 6.07) is 21.5. The van der Waals surface area contributed by atoms with Gasteiger partial charge in [-0.1, -0.05) is 36.9 Å². The van der Waals surface area contributed by atoms with Gasteiger partial charge in [-0.05, 0) is 67.7 Å². The zero-order valence-corrected chi connectivity index (χ0v) is 19.7. The van der Waals surface area contributed by atoms with Crippen molar-refractivity contribution < 1.29 is 17.9 Å². The van der Waals surface area contributed by atoms with Crippen molar-refractivity contribution >= 4 is 44.6 Å². The van der Waals surface area contributed by atoms with E-state index in [2.05, 4.69) is 17.2 Å². The smallest absolute Gasteiger partial charge is 0.268 e. The van der Waals surface area contributed by atoms with Crippen LogP contribution in [0.25, 0.3) is 0 Å². The largest absolute Gasteiger partial charge is 0.496 e. The minimum absolute atomic E-state index is 0.0642. The van der Waals surface area contributed by atoms with E-state index in [4.69, 9.17) is 17.0 Å². The van der Waals surface area contributed by atoms with Crippen LogP contribution in [0.5, 0.6) is 5.75 Å². The van der Waals surface area contributed by atoms with Crippen LogP contribution < -0.4 is 19.7 Å². The number of hydrogen-bond acceptors (Lipinski definition) is 5. The Morgan fingerprint density at radius 1 is 0.970 bits per heavy atom. The molecule has 0 aliphatic heterocycles. The van der Waals surface area contributed by atoms with Crippen LogP contribution in [-0.2, 0) is 10.0 Å². The zero-order chi connectivity index (χ0) is 24.0. The van der Waals surface area contributed by atoms with E-state index in [0.717, 1.165) is 0 Å². The third-order valence-corrected chi connectivity index (χ3v) is 6.64. The van der Waals surface area contributed by atoms with E-state index in [9.17, 15) is 13.2 Å². The number of rotatable bonds is 7. The van der Waals surface area contributed by atoms with Crippen LogP contribution in [0.1, 0.15) is 17.3 Å². The van der Waals surface area contributed by atoms with Crippen LogP contribution in [0.4, 0.5) is 11.4 Å². The van der Waals surface area contributed by atoms with E-state index >= 15 is 0 Å². The number of carbonyl (C=O) groups excluding carboxylic acids is 1. The highest BCUT2D eigenvalue weighted by Crippen LogP contribution is 2.27. The predicted molar refractivity (Wildman–Crippen MR) is 134 cm³/mol. The Morgan fingerprint density at radius 2 is 1.58 bits per heavy atom. The number of benzene rings is 3. The van der Waals surface area contributed by atoms with Gasteiger partial charge in [0.2, 0.25) is 0 Å². The highest BCUT2D eigenvalue weighted by Gasteiger charge is 2.25. The Bertz CT molecular complexity index is 1270. The van der Waals surface area contributed by atoms with Crippen LogP contribution >= 0.6 is 12.2 Å². The number of thiocarbonyl (C=S) groups is 1. The third kappa shape index (κ3) is 5.57. The fraction of sp³-hybridized carbons (Fsp3) is 0.0833. The van der Waals surface area contributed by atoms with Gasteiger partial charge in [0.15, 0.2) is 5.11 Å². The summed E-state index contributed by atoms with van der Waals surface area (Å²) in [5, 5.41) is 5.52. The molecular formula is C24H23N3O4S2. The average Bonchev–Trinajstić information content (AvgIpc) is 2.79. The van der Waals surface area contributed by atoms with Crippen molar-refractivity contribution in [3.05, 3.63) is 96.7 Å². The fourth-order valence-electron chi connectivity index (χ4n) is 3.11. The number of methoxy groups -OCH3 is 1. The fourth-order valence-corrected chi connectivity index (χ4v) is 4.82. The monoisotopic (exact) mass is 481 g/mol. The minimum atomic E-state index is -3.87. The van der Waals surface area contributed by atoms with E-state index in [1.54, 1.807) is 67.6 Å². The van der Waals surface area contributed by atoms with Gasteiger partial charge < -0.3 is 10.1 Å². The first-order valence-electron chi connectivity index (χ1n) is 9.85. The number of carbonyl (C=O) groups is 1. The molecule has 0 atom stereocenters. The molecule has 0 fully saturated rings. The van der Waals surface area contributed by atoms with Gasteiger partial charge in [0.25, 0.3) is 15.9 Å². The summed E-state index contributed by atoms with van der Waals surface area (Å²) < 4.78 is 32.8. The molecular weight excluding hydrogens is 458 g/mol. The van der Waals surface area contributed by atoms with E-state index < -0.39 is 15.9 Å². The normalized spacial score (nSPS) is 10.7. The summed E-state index contributed by atoms with van der Waals surface area (Å²) in [4.78, 5) is 12.6. The lowest BCUT2D eigenvalue weighted by molar-refractivity contribution is 0.0974. The van der Waals surface area contributed by atoms with Crippen LogP contribution in [0.15, 0.2) is 96.0 Å². The number of nitrogens with zero attached hydrogens (tertiary/aromatic N) is 1. The molecule has 3 rings (SSSR count). The Balaban J connectivity index is 1.73. The van der Waals surface area contributed by atoms with Crippen LogP contribution in [0.2, 0.25) is 0 Å². The van der Waals surface area contributed by atoms with Crippen molar-refractivity contribution in [3.63, 3.8) is 0 Å². The standard InChI is InChI=1S/C24H23N3O4S2/c1-17(2)27(19-9-5-4-6-10-19)33(29,30)20-15-13-18(14-16-20)25-24(32)26-23(28)21-11-7-8-12-22(21)31-3/h4-16H,1H2,2-3H3,(H2,25,26,28,32). The summed E-state index contributed by atoms with van der Waals surface area (Å²) in [7, 11) is -2.39. The van der Waals surface area contributed by atoms with Crippen molar-refractivity contribution in [2.75, 3.05) is 16.7 Å². The predicted octanol–water partition coefficient (Wildman–Crippen LogP) is 4.55. The number of hydrogen-bond donors (Lipinski definition) is 2. The molecule has 0 heterocycles. The molecule has 0 spiro atoms. The molecule has 0 aliphatic carbocycles. The molecule has 9 heteroatoms. The van der Waals surface area contributed by atoms with Crippen molar-refractivity contribution in [2.24, 2.45) is 0 Å². The van der Waals surface area contributed by atoms with E-state index in [1.165, 1.54) is 23.5 Å². The topological polar surface area (TPSA) is 87.7 Å². The highest BCUT2D eigenvalue weighted by molar-refractivity contribution is 7.93. The van der Waals surface area contributed by atoms with Crippen molar-refractivity contribution in [1.29, 1.82) is 0 Å². The van der Waals surface area contributed by atoms with Gasteiger partial charge in [-0.15, -0.1) is 0 Å². The molecule has 2 N–H and O–H groups in total. The minimum Gasteiger partial charge on any atom is -0.496 e. The van der Waals surface area contributed by atoms with Crippen LogP contribution in [0.3, 0.4) is 0 Å². The summed E-state index contributed by atoms with van der Waals surface area (Å²) in [6.45, 7) is 5.44. The molecule has 0 aromatic heterocycles. The summed E-state index contributed by atoms with van der Waals surface area (Å²) in [6.07, 6.45) is 0. The zero-order valence-electron chi connectivity index (χ0n) is 18.1. The van der Waals surface area contributed by atoms with Gasteiger partial charge in [-0.3, -0.25) is 10.1 Å². The van der Waals surface area contributed by atoms with E-state index in [1.807, 2.05) is 6.07 Å². The van der Waals surface area contributed by atoms with Gasteiger partial charge in [-0.25, -0.2) is 12.7 Å². The molecule has 0 unspecified atom stereocenters. The van der Waals surface area contributed by atoms with Crippen LogP contribution in [0, 0.1) is 0 Å². The quantitative estimate of drug-likeness (QED) is 0.482. The SMILES string of the molecule is C=C(C)N(c1ccccc1)S(=O)(=O)c1ccc(NC(=S)NC(=O)c2ccccc2OC)cc1. The second kappa shape index (κ2) is 10.3. The average molecular weight is 482 g/mol. The molecule has 3 aromatic carbocycles. The van der Waals surface area contributed by atoms with E-state index in [-0.39, 0.29) is 10.0 Å². The van der Waals surface area contributed by atoms with Gasteiger partial charge in [0.1, 0.15) is 5.75 Å².